The van der Waals surface area contributed by atoms with Crippen LogP contribution in [0.5, 0.6) is 0 Å². The third kappa shape index (κ3) is 4.83. The molecule has 3 unspecified atom stereocenters. The Hall–Kier alpha value is -0.560. The number of hydrogen-bond acceptors (Lipinski definition) is 4. The molecule has 26 heavy (non-hydrogen) atoms. The maximum absolute atomic E-state index is 12.8. The van der Waals surface area contributed by atoms with Gasteiger partial charge in [-0.2, -0.15) is 0 Å². The van der Waals surface area contributed by atoms with Crippen LogP contribution in [0.1, 0.15) is 39.5 Å². The van der Waals surface area contributed by atoms with Crippen molar-refractivity contribution in [3.63, 3.8) is 0 Å². The molecule has 3 aliphatic heterocycles. The van der Waals surface area contributed by atoms with E-state index in [9.17, 15) is 9.59 Å². The zero-order valence-corrected chi connectivity index (χ0v) is 17.6. The molecule has 0 radical (unpaired) electrons. The maximum atomic E-state index is 12.8. The van der Waals surface area contributed by atoms with Gasteiger partial charge in [-0.15, -0.1) is 24.8 Å². The van der Waals surface area contributed by atoms with Gasteiger partial charge in [0.15, 0.2) is 0 Å². The first-order valence-electron chi connectivity index (χ1n) is 9.46. The van der Waals surface area contributed by atoms with Crippen molar-refractivity contribution >= 4 is 36.6 Å². The zero-order valence-electron chi connectivity index (χ0n) is 16.0. The molecule has 3 saturated heterocycles. The molecule has 3 aliphatic rings. The number of carbonyl (C=O) groups is 2. The maximum Gasteiger partial charge on any atom is 0.228 e. The molecule has 0 aromatic carbocycles. The molecule has 3 atom stereocenters. The predicted molar refractivity (Wildman–Crippen MR) is 108 cm³/mol. The minimum absolute atomic E-state index is 0. The van der Waals surface area contributed by atoms with Crippen molar-refractivity contribution < 1.29 is 9.59 Å². The number of nitrogens with zero attached hydrogens (tertiary/aromatic N) is 3. The summed E-state index contributed by atoms with van der Waals surface area (Å²) in [5, 5.41) is 0. The SMILES string of the molecule is CCN1CCCC1CN1CC(C(=O)N2CCC(C)(CN)C2)CC1=O.Cl.Cl. The summed E-state index contributed by atoms with van der Waals surface area (Å²) in [6, 6.07) is 0.472. The van der Waals surface area contributed by atoms with Gasteiger partial charge in [0.05, 0.1) is 5.92 Å². The second kappa shape index (κ2) is 9.58. The predicted octanol–water partition coefficient (Wildman–Crippen LogP) is 1.36. The van der Waals surface area contributed by atoms with Crippen LogP contribution in [0.15, 0.2) is 0 Å². The van der Waals surface area contributed by atoms with Gasteiger partial charge in [0, 0.05) is 38.6 Å². The third-order valence-corrected chi connectivity index (χ3v) is 6.26. The van der Waals surface area contributed by atoms with E-state index < -0.39 is 0 Å². The lowest BCUT2D eigenvalue weighted by Crippen LogP contribution is -2.42. The minimum atomic E-state index is -0.158. The Labute approximate surface area is 169 Å². The van der Waals surface area contributed by atoms with Crippen molar-refractivity contribution in [2.75, 3.05) is 45.8 Å². The normalized spacial score (nSPS) is 31.9. The van der Waals surface area contributed by atoms with Gasteiger partial charge in [-0.1, -0.05) is 13.8 Å². The van der Waals surface area contributed by atoms with Gasteiger partial charge < -0.3 is 15.5 Å². The first-order valence-corrected chi connectivity index (χ1v) is 9.46. The van der Waals surface area contributed by atoms with Gasteiger partial charge in [0.2, 0.25) is 11.8 Å². The number of nitrogens with two attached hydrogens (primary N) is 1. The number of carbonyl (C=O) groups excluding carboxylic acids is 2. The van der Waals surface area contributed by atoms with Crippen LogP contribution in [-0.4, -0.2) is 78.4 Å². The van der Waals surface area contributed by atoms with Gasteiger partial charge >= 0.3 is 0 Å². The first-order chi connectivity index (χ1) is 11.5. The zero-order chi connectivity index (χ0) is 17.3. The van der Waals surface area contributed by atoms with Crippen molar-refractivity contribution in [3.8, 4) is 0 Å². The summed E-state index contributed by atoms with van der Waals surface area (Å²) in [7, 11) is 0. The highest BCUT2D eigenvalue weighted by Gasteiger charge is 2.42. The van der Waals surface area contributed by atoms with Crippen molar-refractivity contribution in [2.45, 2.75) is 45.6 Å². The molecular formula is C18H34Cl2N4O2. The molecule has 8 heteroatoms. The molecule has 0 aromatic rings. The number of likely N-dealkylation sites (tertiary alicyclic amines) is 3. The van der Waals surface area contributed by atoms with Gasteiger partial charge in [-0.05, 0) is 44.3 Å². The topological polar surface area (TPSA) is 69.9 Å². The molecule has 2 amide bonds. The highest BCUT2D eigenvalue weighted by molar-refractivity contribution is 5.89. The van der Waals surface area contributed by atoms with Crippen LogP contribution in [0, 0.1) is 11.3 Å². The summed E-state index contributed by atoms with van der Waals surface area (Å²) in [6.45, 7) is 10.0. The van der Waals surface area contributed by atoms with Crippen molar-refractivity contribution in [1.82, 2.24) is 14.7 Å². The van der Waals surface area contributed by atoms with Crippen molar-refractivity contribution in [3.05, 3.63) is 0 Å². The Morgan fingerprint density at radius 3 is 2.65 bits per heavy atom. The number of amides is 2. The fourth-order valence-corrected chi connectivity index (χ4v) is 4.52. The number of rotatable bonds is 5. The monoisotopic (exact) mass is 408 g/mol. The summed E-state index contributed by atoms with van der Waals surface area (Å²) >= 11 is 0. The minimum Gasteiger partial charge on any atom is -0.342 e. The number of hydrogen-bond donors (Lipinski definition) is 1. The van der Waals surface area contributed by atoms with Crippen LogP contribution in [0.4, 0.5) is 0 Å². The molecule has 0 saturated carbocycles. The quantitative estimate of drug-likeness (QED) is 0.745. The average Bonchev–Trinajstić information content (AvgIpc) is 3.27. The summed E-state index contributed by atoms with van der Waals surface area (Å²) in [5.41, 5.74) is 5.89. The lowest BCUT2D eigenvalue weighted by molar-refractivity contribution is -0.135. The van der Waals surface area contributed by atoms with Gasteiger partial charge in [-0.3, -0.25) is 14.5 Å². The Bertz CT molecular complexity index is 508. The van der Waals surface area contributed by atoms with E-state index in [-0.39, 0.29) is 48.0 Å². The summed E-state index contributed by atoms with van der Waals surface area (Å²) in [4.78, 5) is 31.5. The molecule has 0 aliphatic carbocycles. The molecule has 152 valence electrons. The fraction of sp³-hybridized carbons (Fsp3) is 0.889. The Morgan fingerprint density at radius 2 is 2.04 bits per heavy atom. The van der Waals surface area contributed by atoms with E-state index in [0.29, 0.717) is 25.6 Å². The molecule has 3 rings (SSSR count). The van der Waals surface area contributed by atoms with Crippen LogP contribution in [0.25, 0.3) is 0 Å². The van der Waals surface area contributed by atoms with E-state index in [0.717, 1.165) is 45.6 Å². The van der Waals surface area contributed by atoms with E-state index in [1.165, 1.54) is 6.42 Å². The highest BCUT2D eigenvalue weighted by Crippen LogP contribution is 2.31. The van der Waals surface area contributed by atoms with Gasteiger partial charge in [0.1, 0.15) is 0 Å². The van der Waals surface area contributed by atoms with Crippen molar-refractivity contribution in [1.29, 1.82) is 0 Å². The molecule has 0 spiro atoms. The summed E-state index contributed by atoms with van der Waals surface area (Å²) in [6.07, 6.45) is 3.73. The molecule has 6 nitrogen and oxygen atoms in total. The number of likely N-dealkylation sites (N-methyl/N-ethyl adjacent to an activating group) is 1. The molecule has 0 aromatic heterocycles. The molecule has 3 heterocycles. The smallest absolute Gasteiger partial charge is 0.228 e. The molecule has 3 fully saturated rings. The lowest BCUT2D eigenvalue weighted by Gasteiger charge is -2.28. The average molecular weight is 409 g/mol. The van der Waals surface area contributed by atoms with Crippen LogP contribution in [-0.2, 0) is 9.59 Å². The highest BCUT2D eigenvalue weighted by atomic mass is 35.5. The molecule has 0 bridgehead atoms. The largest absolute Gasteiger partial charge is 0.342 e. The Balaban J connectivity index is 0.00000169. The third-order valence-electron chi connectivity index (χ3n) is 6.26. The number of halogens is 2. The van der Waals surface area contributed by atoms with Gasteiger partial charge in [0.25, 0.3) is 0 Å². The van der Waals surface area contributed by atoms with Crippen LogP contribution in [0.3, 0.4) is 0 Å². The second-order valence-electron chi connectivity index (χ2n) is 8.15. The lowest BCUT2D eigenvalue weighted by atomic mass is 9.90. The van der Waals surface area contributed by atoms with Gasteiger partial charge in [-0.25, -0.2) is 0 Å². The fourth-order valence-electron chi connectivity index (χ4n) is 4.52. The first kappa shape index (κ1) is 23.5. The Morgan fingerprint density at radius 1 is 1.31 bits per heavy atom. The van der Waals surface area contributed by atoms with E-state index in [1.54, 1.807) is 0 Å². The standard InChI is InChI=1S/C18H32N4O2.2ClH/c1-3-20-7-4-5-15(20)11-22-10-14(9-16(22)23)17(24)21-8-6-18(2,12-19)13-21;;/h14-15H,3-13,19H2,1-2H3;2*1H. The summed E-state index contributed by atoms with van der Waals surface area (Å²) < 4.78 is 0. The van der Waals surface area contributed by atoms with Crippen LogP contribution in [0.2, 0.25) is 0 Å². The molecule has 2 N–H and O–H groups in total. The summed E-state index contributed by atoms with van der Waals surface area (Å²) in [5.74, 6) is 0.146. The van der Waals surface area contributed by atoms with Crippen LogP contribution >= 0.6 is 24.8 Å². The van der Waals surface area contributed by atoms with E-state index >= 15 is 0 Å². The van der Waals surface area contributed by atoms with E-state index in [1.807, 2.05) is 9.80 Å². The second-order valence-corrected chi connectivity index (χ2v) is 8.15. The van der Waals surface area contributed by atoms with Crippen molar-refractivity contribution in [2.24, 2.45) is 17.1 Å². The molecular weight excluding hydrogens is 375 g/mol. The van der Waals surface area contributed by atoms with E-state index in [4.69, 9.17) is 5.73 Å². The van der Waals surface area contributed by atoms with E-state index in [2.05, 4.69) is 18.7 Å². The Kier molecular flexibility index (Phi) is 8.65. The van der Waals surface area contributed by atoms with Crippen LogP contribution < -0.4 is 5.73 Å².